The molecule has 2 aromatic carbocycles. The molecule has 0 unspecified atom stereocenters. The Labute approximate surface area is 192 Å². The Morgan fingerprint density at radius 2 is 1.73 bits per heavy atom. The van der Waals surface area contributed by atoms with Crippen LogP contribution in [0.5, 0.6) is 0 Å². The van der Waals surface area contributed by atoms with Crippen LogP contribution in [0.3, 0.4) is 0 Å². The zero-order valence-corrected chi connectivity index (χ0v) is 18.9. The van der Waals surface area contributed by atoms with Crippen LogP contribution in [-0.2, 0) is 24.3 Å². The first-order chi connectivity index (χ1) is 15.8. The molecule has 33 heavy (non-hydrogen) atoms. The Hall–Kier alpha value is -4.18. The largest absolute Gasteiger partial charge is 0.348 e. The van der Waals surface area contributed by atoms with E-state index in [0.717, 1.165) is 12.0 Å². The predicted molar refractivity (Wildman–Crippen MR) is 127 cm³/mol. The monoisotopic (exact) mass is 442 g/mol. The molecule has 168 valence electrons. The van der Waals surface area contributed by atoms with Gasteiger partial charge in [0.15, 0.2) is 0 Å². The minimum absolute atomic E-state index is 0.0244. The lowest BCUT2D eigenvalue weighted by atomic mass is 10.1. The number of aromatic nitrogens is 1. The molecule has 7 nitrogen and oxygen atoms in total. The molecular formula is C26H26N4O3. The maximum atomic E-state index is 12.6. The van der Waals surface area contributed by atoms with Crippen LogP contribution in [0.15, 0.2) is 59.4 Å². The number of nitriles is 1. The van der Waals surface area contributed by atoms with Gasteiger partial charge >= 0.3 is 0 Å². The average Bonchev–Trinajstić information content (AvgIpc) is 2.81. The Morgan fingerprint density at radius 1 is 1.03 bits per heavy atom. The van der Waals surface area contributed by atoms with Gasteiger partial charge in [0.2, 0.25) is 5.91 Å². The van der Waals surface area contributed by atoms with Crippen LogP contribution in [0.2, 0.25) is 0 Å². The normalized spacial score (nSPS) is 10.4. The Bertz CT molecular complexity index is 1280. The lowest BCUT2D eigenvalue weighted by Gasteiger charge is -2.13. The van der Waals surface area contributed by atoms with E-state index in [1.807, 2.05) is 30.3 Å². The molecule has 3 rings (SSSR count). The SMILES string of the molecule is CCc1ccc(CNC(=O)c2cccc(NC(=O)Cn3c(C)cc(C)c(C#N)c3=O)c2)cc1. The summed E-state index contributed by atoms with van der Waals surface area (Å²) in [5, 5.41) is 14.8. The smallest absolute Gasteiger partial charge is 0.269 e. The summed E-state index contributed by atoms with van der Waals surface area (Å²) in [6.07, 6.45) is 0.961. The first-order valence-electron chi connectivity index (χ1n) is 10.7. The van der Waals surface area contributed by atoms with Crippen LogP contribution in [0, 0.1) is 25.2 Å². The summed E-state index contributed by atoms with van der Waals surface area (Å²) in [5.41, 5.74) is 3.79. The minimum Gasteiger partial charge on any atom is -0.348 e. The van der Waals surface area contributed by atoms with Crippen molar-refractivity contribution < 1.29 is 9.59 Å². The second-order valence-corrected chi connectivity index (χ2v) is 7.83. The fourth-order valence-corrected chi connectivity index (χ4v) is 3.52. The molecule has 1 heterocycles. The van der Waals surface area contributed by atoms with Gasteiger partial charge in [-0.3, -0.25) is 14.4 Å². The van der Waals surface area contributed by atoms with Gasteiger partial charge in [-0.2, -0.15) is 5.26 Å². The van der Waals surface area contributed by atoms with Crippen molar-refractivity contribution in [1.29, 1.82) is 5.26 Å². The number of amides is 2. The summed E-state index contributed by atoms with van der Waals surface area (Å²) < 4.78 is 1.27. The zero-order valence-electron chi connectivity index (χ0n) is 18.9. The van der Waals surface area contributed by atoms with Gasteiger partial charge in [0.05, 0.1) is 0 Å². The molecule has 0 aliphatic heterocycles. The number of aryl methyl sites for hydroxylation is 3. The van der Waals surface area contributed by atoms with Crippen molar-refractivity contribution in [2.24, 2.45) is 0 Å². The lowest BCUT2D eigenvalue weighted by Crippen LogP contribution is -2.31. The van der Waals surface area contributed by atoms with E-state index in [-0.39, 0.29) is 18.0 Å². The number of hydrogen-bond acceptors (Lipinski definition) is 4. The molecule has 0 atom stereocenters. The Morgan fingerprint density at radius 3 is 2.39 bits per heavy atom. The first-order valence-corrected chi connectivity index (χ1v) is 10.7. The van der Waals surface area contributed by atoms with Crippen LogP contribution in [0.25, 0.3) is 0 Å². The van der Waals surface area contributed by atoms with Gasteiger partial charge in [-0.25, -0.2) is 0 Å². The summed E-state index contributed by atoms with van der Waals surface area (Å²) in [5.74, 6) is -0.684. The second kappa shape index (κ2) is 10.4. The van der Waals surface area contributed by atoms with Gasteiger partial charge in [0, 0.05) is 23.5 Å². The molecule has 0 saturated carbocycles. The highest BCUT2D eigenvalue weighted by molar-refractivity contribution is 5.97. The highest BCUT2D eigenvalue weighted by Gasteiger charge is 2.14. The molecule has 7 heteroatoms. The quantitative estimate of drug-likeness (QED) is 0.585. The van der Waals surface area contributed by atoms with Crippen LogP contribution in [0.4, 0.5) is 5.69 Å². The van der Waals surface area contributed by atoms with E-state index in [4.69, 9.17) is 0 Å². The molecule has 2 N–H and O–H groups in total. The van der Waals surface area contributed by atoms with Crippen molar-refractivity contribution in [2.45, 2.75) is 40.3 Å². The topological polar surface area (TPSA) is 104 Å². The van der Waals surface area contributed by atoms with Crippen molar-refractivity contribution in [3.63, 3.8) is 0 Å². The molecule has 0 aliphatic carbocycles. The minimum atomic E-state index is -0.495. The maximum Gasteiger partial charge on any atom is 0.269 e. The molecule has 0 bridgehead atoms. The van der Waals surface area contributed by atoms with Gasteiger partial charge in [-0.1, -0.05) is 37.3 Å². The molecule has 0 fully saturated rings. The van der Waals surface area contributed by atoms with Crippen molar-refractivity contribution >= 4 is 17.5 Å². The number of carbonyl (C=O) groups is 2. The third-order valence-corrected chi connectivity index (χ3v) is 5.41. The van der Waals surface area contributed by atoms with Gasteiger partial charge in [-0.15, -0.1) is 0 Å². The number of carbonyl (C=O) groups excluding carboxylic acids is 2. The van der Waals surface area contributed by atoms with Crippen molar-refractivity contribution in [3.8, 4) is 6.07 Å². The number of benzene rings is 2. The molecule has 0 aliphatic rings. The van der Waals surface area contributed by atoms with Crippen molar-refractivity contribution in [3.05, 3.63) is 98.5 Å². The second-order valence-electron chi connectivity index (χ2n) is 7.83. The van der Waals surface area contributed by atoms with E-state index in [0.29, 0.717) is 29.1 Å². The number of hydrogen-bond donors (Lipinski definition) is 2. The number of anilines is 1. The zero-order chi connectivity index (χ0) is 24.0. The van der Waals surface area contributed by atoms with E-state index in [1.165, 1.54) is 10.1 Å². The lowest BCUT2D eigenvalue weighted by molar-refractivity contribution is -0.116. The number of nitrogens with zero attached hydrogens (tertiary/aromatic N) is 2. The fraction of sp³-hybridized carbons (Fsp3) is 0.231. The Kier molecular flexibility index (Phi) is 7.42. The molecule has 0 spiro atoms. The number of pyridine rings is 1. The van der Waals surface area contributed by atoms with Gasteiger partial charge in [-0.05, 0) is 61.2 Å². The standard InChI is InChI=1S/C26H26N4O3/c1-4-19-8-10-20(11-9-19)15-28-25(32)21-6-5-7-22(13-21)29-24(31)16-30-18(3)12-17(2)23(14-27)26(30)33/h5-13H,4,15-16H2,1-3H3,(H,28,32)(H,29,31). The highest BCUT2D eigenvalue weighted by Crippen LogP contribution is 2.12. The summed E-state index contributed by atoms with van der Waals surface area (Å²) in [6.45, 7) is 5.66. The van der Waals surface area contributed by atoms with Gasteiger partial charge in [0.25, 0.3) is 11.5 Å². The number of rotatable bonds is 7. The summed E-state index contributed by atoms with van der Waals surface area (Å²) >= 11 is 0. The van der Waals surface area contributed by atoms with Crippen LogP contribution in [-0.4, -0.2) is 16.4 Å². The average molecular weight is 443 g/mol. The molecule has 0 radical (unpaired) electrons. The van der Waals surface area contributed by atoms with E-state index >= 15 is 0 Å². The molecule has 3 aromatic rings. The number of nitrogens with one attached hydrogen (secondary N) is 2. The van der Waals surface area contributed by atoms with E-state index < -0.39 is 11.5 Å². The van der Waals surface area contributed by atoms with Gasteiger partial charge < -0.3 is 15.2 Å². The highest BCUT2D eigenvalue weighted by atomic mass is 16.2. The van der Waals surface area contributed by atoms with E-state index in [9.17, 15) is 19.6 Å². The van der Waals surface area contributed by atoms with Crippen LogP contribution < -0.4 is 16.2 Å². The van der Waals surface area contributed by atoms with Crippen LogP contribution in [0.1, 0.15) is 45.2 Å². The summed E-state index contributed by atoms with van der Waals surface area (Å²) in [7, 11) is 0. The molecule has 0 saturated heterocycles. The molecule has 2 amide bonds. The van der Waals surface area contributed by atoms with Gasteiger partial charge in [0.1, 0.15) is 18.2 Å². The van der Waals surface area contributed by atoms with Crippen LogP contribution >= 0.6 is 0 Å². The third-order valence-electron chi connectivity index (χ3n) is 5.41. The molecule has 1 aromatic heterocycles. The summed E-state index contributed by atoms with van der Waals surface area (Å²) in [4.78, 5) is 37.6. The maximum absolute atomic E-state index is 12.6. The van der Waals surface area contributed by atoms with Crippen molar-refractivity contribution in [2.75, 3.05) is 5.32 Å². The third kappa shape index (κ3) is 5.74. The first kappa shape index (κ1) is 23.5. The summed E-state index contributed by atoms with van der Waals surface area (Å²) in [6, 6.07) is 18.2. The fourth-order valence-electron chi connectivity index (χ4n) is 3.52. The van der Waals surface area contributed by atoms with E-state index in [1.54, 1.807) is 44.2 Å². The molecular weight excluding hydrogens is 416 g/mol. The van der Waals surface area contributed by atoms with E-state index in [2.05, 4.69) is 17.6 Å². The Balaban J connectivity index is 1.66. The predicted octanol–water partition coefficient (Wildman–Crippen LogP) is 3.47. The van der Waals surface area contributed by atoms with Crippen molar-refractivity contribution in [1.82, 2.24) is 9.88 Å².